The summed E-state index contributed by atoms with van der Waals surface area (Å²) in [5.41, 5.74) is 5.33. The van der Waals surface area contributed by atoms with Crippen LogP contribution in [-0.4, -0.2) is 52.3 Å². The van der Waals surface area contributed by atoms with E-state index in [4.69, 9.17) is 9.26 Å². The van der Waals surface area contributed by atoms with E-state index in [1.54, 1.807) is 6.07 Å². The standard InChI is InChI=1S/C27H31N7O3/c1-18-5-6-21(30-26(35)31-25-13-24(37-32-25)27(2,3)4)12-23(18)34-17-20(15-29-34)19-11-22(16-28-14-19)33-7-9-36-10-8-33/h5-6,11-17H,7-10H2,1-4H3,(H2,30,31,32,35). The zero-order chi connectivity index (χ0) is 26.0. The van der Waals surface area contributed by atoms with E-state index in [-0.39, 0.29) is 5.41 Å². The zero-order valence-electron chi connectivity index (χ0n) is 21.5. The second-order valence-electron chi connectivity index (χ2n) is 10.1. The van der Waals surface area contributed by atoms with E-state index in [2.05, 4.69) is 36.8 Å². The molecule has 1 aromatic carbocycles. The van der Waals surface area contributed by atoms with Gasteiger partial charge in [0.05, 0.1) is 37.0 Å². The van der Waals surface area contributed by atoms with Crippen molar-refractivity contribution in [1.82, 2.24) is 19.9 Å². The van der Waals surface area contributed by atoms with Gasteiger partial charge >= 0.3 is 6.03 Å². The van der Waals surface area contributed by atoms with Gasteiger partial charge in [-0.25, -0.2) is 9.48 Å². The number of nitrogens with one attached hydrogen (secondary N) is 2. The molecule has 5 rings (SSSR count). The van der Waals surface area contributed by atoms with Crippen LogP contribution < -0.4 is 15.5 Å². The molecule has 10 heteroatoms. The molecule has 0 aliphatic carbocycles. The van der Waals surface area contributed by atoms with Crippen molar-refractivity contribution in [2.24, 2.45) is 0 Å². The molecule has 0 saturated carbocycles. The monoisotopic (exact) mass is 501 g/mol. The van der Waals surface area contributed by atoms with Crippen molar-refractivity contribution < 1.29 is 14.1 Å². The number of anilines is 3. The first kappa shape index (κ1) is 24.5. The molecule has 0 unspecified atom stereocenters. The van der Waals surface area contributed by atoms with Gasteiger partial charge in [0.2, 0.25) is 0 Å². The van der Waals surface area contributed by atoms with Crippen molar-refractivity contribution >= 4 is 23.2 Å². The molecular weight excluding hydrogens is 470 g/mol. The van der Waals surface area contributed by atoms with Crippen LogP contribution in [0.5, 0.6) is 0 Å². The Morgan fingerprint density at radius 2 is 1.81 bits per heavy atom. The highest BCUT2D eigenvalue weighted by atomic mass is 16.5. The molecule has 0 bridgehead atoms. The Morgan fingerprint density at radius 3 is 2.57 bits per heavy atom. The minimum absolute atomic E-state index is 0.197. The number of morpholine rings is 1. The summed E-state index contributed by atoms with van der Waals surface area (Å²) in [4.78, 5) is 19.3. The summed E-state index contributed by atoms with van der Waals surface area (Å²) in [7, 11) is 0. The normalized spacial score (nSPS) is 14.0. The zero-order valence-corrected chi connectivity index (χ0v) is 21.5. The number of ether oxygens (including phenoxy) is 1. The van der Waals surface area contributed by atoms with E-state index in [1.165, 1.54) is 0 Å². The molecule has 0 atom stereocenters. The molecule has 0 radical (unpaired) electrons. The number of nitrogens with zero attached hydrogens (tertiary/aromatic N) is 5. The summed E-state index contributed by atoms with van der Waals surface area (Å²) in [5.74, 6) is 1.06. The molecule has 2 N–H and O–H groups in total. The second-order valence-corrected chi connectivity index (χ2v) is 10.1. The van der Waals surface area contributed by atoms with E-state index < -0.39 is 6.03 Å². The highest BCUT2D eigenvalue weighted by Gasteiger charge is 2.20. The number of amides is 2. The highest BCUT2D eigenvalue weighted by molar-refractivity contribution is 5.99. The Kier molecular flexibility index (Phi) is 6.66. The first-order valence-corrected chi connectivity index (χ1v) is 12.3. The topological polar surface area (TPSA) is 110 Å². The minimum Gasteiger partial charge on any atom is -0.378 e. The smallest absolute Gasteiger partial charge is 0.324 e. The van der Waals surface area contributed by atoms with Crippen LogP contribution >= 0.6 is 0 Å². The molecule has 4 aromatic rings. The molecule has 1 aliphatic heterocycles. The fourth-order valence-electron chi connectivity index (χ4n) is 4.08. The van der Waals surface area contributed by atoms with Crippen LogP contribution in [0.4, 0.5) is 22.0 Å². The SMILES string of the molecule is Cc1ccc(NC(=O)Nc2cc(C(C)(C)C)on2)cc1-n1cc(-c2cncc(N3CCOCC3)c2)cn1. The second kappa shape index (κ2) is 10.1. The van der Waals surface area contributed by atoms with Crippen LogP contribution in [0.25, 0.3) is 16.8 Å². The van der Waals surface area contributed by atoms with Gasteiger partial charge in [0.15, 0.2) is 5.82 Å². The van der Waals surface area contributed by atoms with Crippen molar-refractivity contribution in [2.75, 3.05) is 41.8 Å². The molecule has 3 aromatic heterocycles. The first-order valence-electron chi connectivity index (χ1n) is 12.3. The lowest BCUT2D eigenvalue weighted by Crippen LogP contribution is -2.36. The Hall–Kier alpha value is -4.18. The van der Waals surface area contributed by atoms with E-state index in [9.17, 15) is 4.79 Å². The summed E-state index contributed by atoms with van der Waals surface area (Å²) >= 11 is 0. The fraction of sp³-hybridized carbons (Fsp3) is 0.333. The lowest BCUT2D eigenvalue weighted by molar-refractivity contribution is 0.122. The van der Waals surface area contributed by atoms with E-state index >= 15 is 0 Å². The van der Waals surface area contributed by atoms with Crippen LogP contribution in [0, 0.1) is 6.92 Å². The number of pyridine rings is 1. The molecule has 10 nitrogen and oxygen atoms in total. The van der Waals surface area contributed by atoms with Gasteiger partial charge in [-0.15, -0.1) is 0 Å². The van der Waals surface area contributed by atoms with Crippen molar-refractivity contribution in [3.63, 3.8) is 0 Å². The predicted octanol–water partition coefficient (Wildman–Crippen LogP) is 5.01. The number of hydrogen-bond acceptors (Lipinski definition) is 7. The third kappa shape index (κ3) is 5.64. The van der Waals surface area contributed by atoms with Crippen molar-refractivity contribution in [1.29, 1.82) is 0 Å². The van der Waals surface area contributed by atoms with Crippen LogP contribution in [0.15, 0.2) is 59.6 Å². The highest BCUT2D eigenvalue weighted by Crippen LogP contribution is 2.27. The molecule has 4 heterocycles. The van der Waals surface area contributed by atoms with Crippen LogP contribution in [0.2, 0.25) is 0 Å². The summed E-state index contributed by atoms with van der Waals surface area (Å²) < 4.78 is 12.6. The molecular formula is C27H31N7O3. The summed E-state index contributed by atoms with van der Waals surface area (Å²) in [6.45, 7) is 11.2. The lowest BCUT2D eigenvalue weighted by atomic mass is 9.93. The van der Waals surface area contributed by atoms with Gasteiger partial charge in [-0.3, -0.25) is 10.3 Å². The summed E-state index contributed by atoms with van der Waals surface area (Å²) in [5, 5.41) is 14.1. The molecule has 192 valence electrons. The Balaban J connectivity index is 1.31. The third-order valence-corrected chi connectivity index (χ3v) is 6.22. The Labute approximate surface area is 215 Å². The quantitative estimate of drug-likeness (QED) is 0.396. The van der Waals surface area contributed by atoms with E-state index in [0.29, 0.717) is 17.3 Å². The number of aromatic nitrogens is 4. The average Bonchev–Trinajstić information content (AvgIpc) is 3.56. The molecule has 1 saturated heterocycles. The maximum absolute atomic E-state index is 12.6. The number of hydrogen-bond donors (Lipinski definition) is 2. The Bertz CT molecular complexity index is 1400. The molecule has 0 spiro atoms. The van der Waals surface area contributed by atoms with Gasteiger partial charge in [-0.05, 0) is 30.7 Å². The largest absolute Gasteiger partial charge is 0.378 e. The van der Waals surface area contributed by atoms with Crippen molar-refractivity contribution in [3.05, 3.63) is 66.4 Å². The number of carbonyl (C=O) groups is 1. The van der Waals surface area contributed by atoms with Gasteiger partial charge in [0, 0.05) is 53.8 Å². The average molecular weight is 502 g/mol. The fourth-order valence-corrected chi connectivity index (χ4v) is 4.08. The van der Waals surface area contributed by atoms with Crippen LogP contribution in [0.1, 0.15) is 32.1 Å². The number of urea groups is 1. The van der Waals surface area contributed by atoms with Crippen LogP contribution in [0.3, 0.4) is 0 Å². The number of aryl methyl sites for hydroxylation is 1. The molecule has 1 fully saturated rings. The number of rotatable bonds is 5. The number of benzene rings is 1. The van der Waals surface area contributed by atoms with Crippen molar-refractivity contribution in [3.8, 4) is 16.8 Å². The van der Waals surface area contributed by atoms with Crippen LogP contribution in [-0.2, 0) is 10.2 Å². The van der Waals surface area contributed by atoms with Gasteiger partial charge in [0.25, 0.3) is 0 Å². The first-order chi connectivity index (χ1) is 17.8. The van der Waals surface area contributed by atoms with Crippen molar-refractivity contribution in [2.45, 2.75) is 33.1 Å². The van der Waals surface area contributed by atoms with Gasteiger partial charge in [-0.1, -0.05) is 32.0 Å². The van der Waals surface area contributed by atoms with Gasteiger partial charge in [-0.2, -0.15) is 5.10 Å². The van der Waals surface area contributed by atoms with E-state index in [0.717, 1.165) is 54.4 Å². The van der Waals surface area contributed by atoms with Gasteiger partial charge in [0.1, 0.15) is 5.76 Å². The summed E-state index contributed by atoms with van der Waals surface area (Å²) in [6.07, 6.45) is 7.52. The molecule has 37 heavy (non-hydrogen) atoms. The third-order valence-electron chi connectivity index (χ3n) is 6.22. The van der Waals surface area contributed by atoms with E-state index in [1.807, 2.05) is 75.4 Å². The molecule has 2 amide bonds. The van der Waals surface area contributed by atoms with Gasteiger partial charge < -0.3 is 19.5 Å². The maximum atomic E-state index is 12.6. The maximum Gasteiger partial charge on any atom is 0.324 e. The lowest BCUT2D eigenvalue weighted by Gasteiger charge is -2.28. The Morgan fingerprint density at radius 1 is 1.00 bits per heavy atom. The summed E-state index contributed by atoms with van der Waals surface area (Å²) in [6, 6.07) is 9.13. The molecule has 1 aliphatic rings. The number of carbonyl (C=O) groups excluding carboxylic acids is 1. The minimum atomic E-state index is -0.407. The predicted molar refractivity (Wildman–Crippen MR) is 142 cm³/mol.